The van der Waals surface area contributed by atoms with Crippen molar-refractivity contribution >= 4 is 0 Å². The Morgan fingerprint density at radius 2 is 2.00 bits per heavy atom. The first-order chi connectivity index (χ1) is 10.2. The number of hydrogen-bond donors (Lipinski definition) is 1. The Morgan fingerprint density at radius 1 is 1.29 bits per heavy atom. The van der Waals surface area contributed by atoms with Crippen LogP contribution in [-0.2, 0) is 4.74 Å². The van der Waals surface area contributed by atoms with Crippen LogP contribution >= 0.6 is 0 Å². The highest BCUT2D eigenvalue weighted by Crippen LogP contribution is 2.25. The molecule has 0 aromatic heterocycles. The van der Waals surface area contributed by atoms with Crippen LogP contribution in [0, 0.1) is 5.92 Å². The molecule has 1 N–H and O–H groups in total. The maximum absolute atomic E-state index is 5.49. The van der Waals surface area contributed by atoms with Gasteiger partial charge in [-0.1, -0.05) is 51.1 Å². The molecule has 0 radical (unpaired) electrons. The molecular weight excluding hydrogens is 260 g/mol. The second-order valence-electron chi connectivity index (χ2n) is 6.40. The topological polar surface area (TPSA) is 24.5 Å². The number of benzene rings is 1. The summed E-state index contributed by atoms with van der Waals surface area (Å²) in [5, 5.41) is 3.72. The first-order valence-corrected chi connectivity index (χ1v) is 8.20. The van der Waals surface area contributed by atoms with Gasteiger partial charge in [0.1, 0.15) is 0 Å². The molecule has 0 bridgehead atoms. The highest BCUT2D eigenvalue weighted by molar-refractivity contribution is 5.20. The molecule has 21 heavy (non-hydrogen) atoms. The van der Waals surface area contributed by atoms with Crippen LogP contribution in [0.5, 0.6) is 0 Å². The summed E-state index contributed by atoms with van der Waals surface area (Å²) in [7, 11) is 1.81. The lowest BCUT2D eigenvalue weighted by Crippen LogP contribution is -2.58. The van der Waals surface area contributed by atoms with E-state index >= 15 is 0 Å². The fraction of sp³-hybridized carbons (Fsp3) is 0.667. The van der Waals surface area contributed by atoms with Gasteiger partial charge in [0.2, 0.25) is 0 Å². The van der Waals surface area contributed by atoms with Gasteiger partial charge in [-0.25, -0.2) is 0 Å². The van der Waals surface area contributed by atoms with Gasteiger partial charge < -0.3 is 10.1 Å². The van der Waals surface area contributed by atoms with Crippen molar-refractivity contribution < 1.29 is 4.74 Å². The molecule has 3 unspecified atom stereocenters. The quantitative estimate of drug-likeness (QED) is 0.871. The molecule has 2 rings (SSSR count). The van der Waals surface area contributed by atoms with Crippen LogP contribution in [0.3, 0.4) is 0 Å². The van der Waals surface area contributed by atoms with E-state index in [4.69, 9.17) is 4.74 Å². The third-order valence-electron chi connectivity index (χ3n) is 4.67. The second kappa shape index (κ2) is 7.92. The molecule has 1 aromatic carbocycles. The molecule has 1 aliphatic rings. The molecule has 3 nitrogen and oxygen atoms in total. The largest absolute Gasteiger partial charge is 0.383 e. The van der Waals surface area contributed by atoms with Crippen LogP contribution in [0.15, 0.2) is 30.3 Å². The Bertz CT molecular complexity index is 407. The summed E-state index contributed by atoms with van der Waals surface area (Å²) in [6, 6.07) is 12.3. The highest BCUT2D eigenvalue weighted by atomic mass is 16.5. The first-order valence-electron chi connectivity index (χ1n) is 8.20. The van der Waals surface area contributed by atoms with Crippen molar-refractivity contribution in [3.63, 3.8) is 0 Å². The van der Waals surface area contributed by atoms with Crippen LogP contribution in [-0.4, -0.2) is 43.8 Å². The fourth-order valence-electron chi connectivity index (χ4n) is 3.36. The lowest BCUT2D eigenvalue weighted by molar-refractivity contribution is 0.0106. The van der Waals surface area contributed by atoms with E-state index in [0.29, 0.717) is 24.0 Å². The third kappa shape index (κ3) is 4.06. The van der Waals surface area contributed by atoms with Gasteiger partial charge in [0, 0.05) is 38.3 Å². The lowest BCUT2D eigenvalue weighted by atomic mass is 9.95. The molecule has 1 aromatic rings. The van der Waals surface area contributed by atoms with Gasteiger partial charge in [-0.05, 0) is 17.9 Å². The molecule has 0 aliphatic carbocycles. The number of hydrogen-bond acceptors (Lipinski definition) is 3. The Labute approximate surface area is 129 Å². The van der Waals surface area contributed by atoms with E-state index in [2.05, 4.69) is 61.3 Å². The van der Waals surface area contributed by atoms with Crippen molar-refractivity contribution in [1.29, 1.82) is 0 Å². The van der Waals surface area contributed by atoms with Gasteiger partial charge in [0.15, 0.2) is 0 Å². The van der Waals surface area contributed by atoms with Crippen molar-refractivity contribution in [3.8, 4) is 0 Å². The minimum absolute atomic E-state index is 0.423. The van der Waals surface area contributed by atoms with E-state index in [9.17, 15) is 0 Å². The number of nitrogens with one attached hydrogen (secondary N) is 1. The highest BCUT2D eigenvalue weighted by Gasteiger charge is 2.33. The monoisotopic (exact) mass is 290 g/mol. The summed E-state index contributed by atoms with van der Waals surface area (Å²) in [4.78, 5) is 2.67. The Kier molecular flexibility index (Phi) is 6.22. The molecular formula is C18H30N2O. The number of nitrogens with zero attached hydrogens (tertiary/aromatic N) is 1. The van der Waals surface area contributed by atoms with Gasteiger partial charge in [0.25, 0.3) is 0 Å². The van der Waals surface area contributed by atoms with E-state index in [0.717, 1.165) is 19.7 Å². The van der Waals surface area contributed by atoms with Crippen molar-refractivity contribution in [3.05, 3.63) is 35.9 Å². The molecule has 1 fully saturated rings. The van der Waals surface area contributed by atoms with Crippen LogP contribution in [0.1, 0.15) is 38.8 Å². The van der Waals surface area contributed by atoms with Crippen molar-refractivity contribution in [2.75, 3.05) is 26.8 Å². The van der Waals surface area contributed by atoms with E-state index in [1.54, 1.807) is 0 Å². The van der Waals surface area contributed by atoms with Crippen molar-refractivity contribution in [2.24, 2.45) is 5.92 Å². The minimum Gasteiger partial charge on any atom is -0.383 e. The summed E-state index contributed by atoms with van der Waals surface area (Å²) in [5.74, 6) is 0.605. The summed E-state index contributed by atoms with van der Waals surface area (Å²) >= 11 is 0. The van der Waals surface area contributed by atoms with Crippen LogP contribution in [0.2, 0.25) is 0 Å². The zero-order chi connectivity index (χ0) is 15.2. The number of piperazine rings is 1. The van der Waals surface area contributed by atoms with Crippen LogP contribution in [0.4, 0.5) is 0 Å². The molecule has 118 valence electrons. The number of methoxy groups -OCH3 is 1. The third-order valence-corrected chi connectivity index (χ3v) is 4.67. The van der Waals surface area contributed by atoms with E-state index in [-0.39, 0.29) is 0 Å². The average molecular weight is 290 g/mol. The molecule has 0 amide bonds. The Hall–Kier alpha value is -0.900. The van der Waals surface area contributed by atoms with Crippen LogP contribution < -0.4 is 5.32 Å². The second-order valence-corrected chi connectivity index (χ2v) is 6.40. The van der Waals surface area contributed by atoms with Crippen molar-refractivity contribution in [2.45, 2.75) is 45.3 Å². The normalized spacial score (nSPS) is 25.2. The first kappa shape index (κ1) is 16.5. The van der Waals surface area contributed by atoms with Crippen LogP contribution in [0.25, 0.3) is 0 Å². The van der Waals surface area contributed by atoms with Gasteiger partial charge in [-0.2, -0.15) is 0 Å². The summed E-state index contributed by atoms with van der Waals surface area (Å²) in [5.41, 5.74) is 1.39. The SMILES string of the molecule is CCC1CNC(c2ccccc2)CN1C(COC)C(C)C. The Morgan fingerprint density at radius 3 is 2.57 bits per heavy atom. The summed E-state index contributed by atoms with van der Waals surface area (Å²) in [6.07, 6.45) is 1.18. The van der Waals surface area contributed by atoms with E-state index < -0.39 is 0 Å². The molecule has 0 saturated carbocycles. The van der Waals surface area contributed by atoms with E-state index in [1.807, 2.05) is 7.11 Å². The zero-order valence-electron chi connectivity index (χ0n) is 13.9. The molecule has 1 heterocycles. The van der Waals surface area contributed by atoms with Gasteiger partial charge in [0.05, 0.1) is 6.61 Å². The van der Waals surface area contributed by atoms with Crippen molar-refractivity contribution in [1.82, 2.24) is 10.2 Å². The predicted molar refractivity (Wildman–Crippen MR) is 88.5 cm³/mol. The molecule has 0 spiro atoms. The molecule has 1 saturated heterocycles. The maximum Gasteiger partial charge on any atom is 0.0620 e. The minimum atomic E-state index is 0.423. The molecule has 3 atom stereocenters. The maximum atomic E-state index is 5.49. The molecule has 1 aliphatic heterocycles. The average Bonchev–Trinajstić information content (AvgIpc) is 2.52. The summed E-state index contributed by atoms with van der Waals surface area (Å²) in [6.45, 7) is 9.83. The molecule has 3 heteroatoms. The van der Waals surface area contributed by atoms with Gasteiger partial charge >= 0.3 is 0 Å². The fourth-order valence-corrected chi connectivity index (χ4v) is 3.36. The predicted octanol–water partition coefficient (Wildman–Crippen LogP) is 3.08. The smallest absolute Gasteiger partial charge is 0.0620 e. The number of rotatable bonds is 6. The standard InChI is InChI=1S/C18H30N2O/c1-5-16-11-19-17(15-9-7-6-8-10-15)12-20(16)18(13-21-4)14(2)3/h6-10,14,16-19H,5,11-13H2,1-4H3. The van der Waals surface area contributed by atoms with Gasteiger partial charge in [-0.3, -0.25) is 4.90 Å². The summed E-state index contributed by atoms with van der Waals surface area (Å²) < 4.78 is 5.49. The zero-order valence-corrected chi connectivity index (χ0v) is 13.9. The Balaban J connectivity index is 2.15. The lowest BCUT2D eigenvalue weighted by Gasteiger charge is -2.46. The number of ether oxygens (including phenoxy) is 1. The van der Waals surface area contributed by atoms with E-state index in [1.165, 1.54) is 12.0 Å². The van der Waals surface area contributed by atoms with Gasteiger partial charge in [-0.15, -0.1) is 0 Å².